The van der Waals surface area contributed by atoms with Crippen molar-refractivity contribution in [2.24, 2.45) is 10.2 Å². The van der Waals surface area contributed by atoms with E-state index in [4.69, 9.17) is 28.4 Å². The fraction of sp³-hybridized carbons (Fsp3) is 0.292. The minimum atomic E-state index is -4.69. The SMILES string of the molecule is C.COc1cc(/C=N/N(CC(F)(F)F)C(=O)C(OC)c2ccc(-n3cccn3)cc2)cc(OC)c1Br.COc1cc(/C=N/NC(=O)C(OC)c2ccc(-n3cccn3)cc2)cc(OC)c1Br.FC(F)(F)CCI. The van der Waals surface area contributed by atoms with Gasteiger partial charge in [-0.15, -0.1) is 0 Å². The second-order valence-electron chi connectivity index (χ2n) is 14.3. The number of amides is 2. The maximum absolute atomic E-state index is 13.3. The third kappa shape index (κ3) is 18.8. The summed E-state index contributed by atoms with van der Waals surface area (Å²) in [6.45, 7) is -1.60. The first-order valence-corrected chi connectivity index (χ1v) is 23.9. The smallest absolute Gasteiger partial charge is 0.408 e. The lowest BCUT2D eigenvalue weighted by atomic mass is 10.1. The van der Waals surface area contributed by atoms with E-state index < -0.39 is 49.3 Å². The maximum atomic E-state index is 13.3. The molecule has 0 spiro atoms. The molecule has 394 valence electrons. The molecule has 6 rings (SSSR count). The summed E-state index contributed by atoms with van der Waals surface area (Å²) in [7, 11) is 8.69. The Balaban J connectivity index is 0.000000339. The first kappa shape index (κ1) is 61.3. The molecule has 0 fully saturated rings. The van der Waals surface area contributed by atoms with E-state index in [1.165, 1.54) is 46.8 Å². The predicted molar refractivity (Wildman–Crippen MR) is 279 cm³/mol. The van der Waals surface area contributed by atoms with E-state index in [1.807, 2.05) is 36.5 Å². The lowest BCUT2D eigenvalue weighted by Gasteiger charge is -2.24. The Morgan fingerprint density at radius 1 is 0.685 bits per heavy atom. The second kappa shape index (κ2) is 29.6. The Kier molecular flexibility index (Phi) is 24.9. The number of ether oxygens (including phenoxy) is 6. The standard InChI is InChI=1S/C23H22BrF3N4O4.C21H21BrN4O4.C3H4F3I.CH4/c1-33-18-11-15(12-19(34-2)20(18)24)13-29-31(14-23(25,26)27)22(32)21(35-3)16-5-7-17(8-6-16)30-10-4-9-28-30;1-28-17-11-14(12-18(29-2)19(17)22)13-23-25-21(27)20(30-3)15-5-7-16(8-6-15)26-10-4-9-24-26;4-3(5,6)1-2-7;/h4-13,21H,14H2,1-3H3;4-13,20H,1-3H3,(H,25,27);1-2H2;1H4/b29-13+;23-13+;;. The largest absolute Gasteiger partial charge is 0.495 e. The molecule has 0 saturated carbocycles. The van der Waals surface area contributed by atoms with Crippen LogP contribution in [-0.4, -0.2) is 115 Å². The number of nitrogens with zero attached hydrogens (tertiary/aromatic N) is 7. The summed E-state index contributed by atoms with van der Waals surface area (Å²) in [6, 6.07) is 24.1. The van der Waals surface area contributed by atoms with Crippen molar-refractivity contribution in [3.05, 3.63) is 141 Å². The molecular weight excluding hydrogens is 1220 g/mol. The molecule has 2 heterocycles. The highest BCUT2D eigenvalue weighted by Gasteiger charge is 2.36. The molecular formula is C48H51Br2F6IN8O8. The highest BCUT2D eigenvalue weighted by Crippen LogP contribution is 2.36. The van der Waals surface area contributed by atoms with E-state index in [2.05, 4.69) is 57.7 Å². The predicted octanol–water partition coefficient (Wildman–Crippen LogP) is 11.3. The van der Waals surface area contributed by atoms with E-state index in [1.54, 1.807) is 107 Å². The summed E-state index contributed by atoms with van der Waals surface area (Å²) in [6.07, 6.45) is -1.92. The van der Waals surface area contributed by atoms with E-state index in [0.717, 1.165) is 11.9 Å². The van der Waals surface area contributed by atoms with Crippen molar-refractivity contribution in [2.75, 3.05) is 53.6 Å². The number of hydrogen-bond acceptors (Lipinski definition) is 12. The van der Waals surface area contributed by atoms with Crippen molar-refractivity contribution in [3.8, 4) is 34.4 Å². The van der Waals surface area contributed by atoms with Crippen molar-refractivity contribution in [1.29, 1.82) is 0 Å². The van der Waals surface area contributed by atoms with Gasteiger partial charge in [0.05, 0.1) is 58.7 Å². The zero-order chi connectivity index (χ0) is 53.0. The minimum absolute atomic E-state index is 0. The van der Waals surface area contributed by atoms with Crippen molar-refractivity contribution in [2.45, 2.75) is 38.4 Å². The summed E-state index contributed by atoms with van der Waals surface area (Å²) < 4.78 is 109. The van der Waals surface area contributed by atoms with Crippen LogP contribution < -0.4 is 24.4 Å². The van der Waals surface area contributed by atoms with E-state index in [-0.39, 0.29) is 11.9 Å². The van der Waals surface area contributed by atoms with Gasteiger partial charge in [-0.25, -0.2) is 19.8 Å². The molecule has 4 aromatic carbocycles. The van der Waals surface area contributed by atoms with Gasteiger partial charge in [-0.1, -0.05) is 54.3 Å². The molecule has 1 N–H and O–H groups in total. The molecule has 0 saturated heterocycles. The number of nitrogens with one attached hydrogen (secondary N) is 1. The molecule has 0 bridgehead atoms. The van der Waals surface area contributed by atoms with E-state index in [0.29, 0.717) is 64.9 Å². The van der Waals surface area contributed by atoms with Crippen LogP contribution in [0.2, 0.25) is 0 Å². The monoisotopic (exact) mass is 1270 g/mol. The molecule has 0 aliphatic carbocycles. The van der Waals surface area contributed by atoms with Gasteiger partial charge in [0.1, 0.15) is 38.5 Å². The van der Waals surface area contributed by atoms with Gasteiger partial charge in [0, 0.05) is 54.6 Å². The fourth-order valence-corrected chi connectivity index (χ4v) is 7.82. The van der Waals surface area contributed by atoms with Crippen LogP contribution in [0.3, 0.4) is 0 Å². The summed E-state index contributed by atoms with van der Waals surface area (Å²) in [4.78, 5) is 25.7. The fourth-order valence-electron chi connectivity index (χ4n) is 6.10. The third-order valence-electron chi connectivity index (χ3n) is 9.50. The number of halogens is 9. The van der Waals surface area contributed by atoms with Crippen LogP contribution in [-0.2, 0) is 19.1 Å². The lowest BCUT2D eigenvalue weighted by molar-refractivity contribution is -0.167. The molecule has 73 heavy (non-hydrogen) atoms. The van der Waals surface area contributed by atoms with Crippen LogP contribution >= 0.6 is 54.5 Å². The first-order chi connectivity index (χ1) is 34.3. The topological polar surface area (TPSA) is 165 Å². The summed E-state index contributed by atoms with van der Waals surface area (Å²) in [5, 5.41) is 16.5. The normalized spacial score (nSPS) is 12.1. The number of hydrazone groups is 2. The zero-order valence-corrected chi connectivity index (χ0v) is 44.5. The van der Waals surface area contributed by atoms with Crippen molar-refractivity contribution < 1.29 is 64.4 Å². The highest BCUT2D eigenvalue weighted by molar-refractivity contribution is 14.1. The molecule has 2 atom stereocenters. The highest BCUT2D eigenvalue weighted by atomic mass is 127. The zero-order valence-electron chi connectivity index (χ0n) is 39.1. The number of carbonyl (C=O) groups excluding carboxylic acids is 2. The summed E-state index contributed by atoms with van der Waals surface area (Å²) in [5.41, 5.74) is 6.23. The number of aromatic nitrogens is 4. The Hall–Kier alpha value is -6.03. The quantitative estimate of drug-likeness (QED) is 0.0288. The van der Waals surface area contributed by atoms with Crippen molar-refractivity contribution in [1.82, 2.24) is 30.0 Å². The Morgan fingerprint density at radius 3 is 1.42 bits per heavy atom. The minimum Gasteiger partial charge on any atom is -0.495 e. The van der Waals surface area contributed by atoms with Crippen LogP contribution in [0.25, 0.3) is 11.4 Å². The van der Waals surface area contributed by atoms with Gasteiger partial charge in [-0.2, -0.15) is 46.7 Å². The van der Waals surface area contributed by atoms with Crippen molar-refractivity contribution in [3.63, 3.8) is 0 Å². The molecule has 2 amide bonds. The number of rotatable bonds is 18. The number of carbonyl (C=O) groups is 2. The average Bonchev–Trinajstić information content (AvgIpc) is 4.11. The van der Waals surface area contributed by atoms with Crippen LogP contribution in [0.1, 0.15) is 48.3 Å². The van der Waals surface area contributed by atoms with E-state index in [9.17, 15) is 35.9 Å². The molecule has 25 heteroatoms. The van der Waals surface area contributed by atoms with Gasteiger partial charge in [-0.3, -0.25) is 9.59 Å². The average molecular weight is 1270 g/mol. The lowest BCUT2D eigenvalue weighted by Crippen LogP contribution is -2.38. The third-order valence-corrected chi connectivity index (χ3v) is 11.6. The van der Waals surface area contributed by atoms with Gasteiger partial charge < -0.3 is 28.4 Å². The van der Waals surface area contributed by atoms with Crippen LogP contribution in [0, 0.1) is 0 Å². The van der Waals surface area contributed by atoms with Gasteiger partial charge >= 0.3 is 12.4 Å². The van der Waals surface area contributed by atoms with Crippen LogP contribution in [0.5, 0.6) is 23.0 Å². The summed E-state index contributed by atoms with van der Waals surface area (Å²) in [5.74, 6) is 0.571. The van der Waals surface area contributed by atoms with Gasteiger partial charge in [0.25, 0.3) is 11.8 Å². The molecule has 16 nitrogen and oxygen atoms in total. The molecule has 6 aromatic rings. The molecule has 2 unspecified atom stereocenters. The number of benzene rings is 4. The Bertz CT molecular complexity index is 2650. The van der Waals surface area contributed by atoms with Gasteiger partial charge in [0.15, 0.2) is 12.2 Å². The Labute approximate surface area is 448 Å². The van der Waals surface area contributed by atoms with E-state index >= 15 is 0 Å². The van der Waals surface area contributed by atoms with Crippen LogP contribution in [0.15, 0.2) is 129 Å². The molecule has 0 aliphatic rings. The number of hydrogen-bond donors (Lipinski definition) is 1. The second-order valence-corrected chi connectivity index (χ2v) is 17.0. The maximum Gasteiger partial charge on any atom is 0.408 e. The van der Waals surface area contributed by atoms with Gasteiger partial charge in [0.2, 0.25) is 0 Å². The molecule has 0 aliphatic heterocycles. The molecule has 2 aromatic heterocycles. The van der Waals surface area contributed by atoms with Gasteiger partial charge in [-0.05, 0) is 104 Å². The summed E-state index contributed by atoms with van der Waals surface area (Å²) >= 11 is 8.43. The molecule has 0 radical (unpaired) electrons. The number of alkyl halides is 7. The van der Waals surface area contributed by atoms with Crippen LogP contribution in [0.4, 0.5) is 26.3 Å². The number of methoxy groups -OCH3 is 6. The Morgan fingerprint density at radius 2 is 1.10 bits per heavy atom. The van der Waals surface area contributed by atoms with Crippen molar-refractivity contribution >= 4 is 78.7 Å². The first-order valence-electron chi connectivity index (χ1n) is 20.8.